The number of hydrogen-bond acceptors (Lipinski definition) is 3. The second-order valence-corrected chi connectivity index (χ2v) is 5.49. The summed E-state index contributed by atoms with van der Waals surface area (Å²) in [5, 5.41) is 3.79. The molecule has 0 saturated carbocycles. The van der Waals surface area contributed by atoms with Gasteiger partial charge in [-0.05, 0) is 43.3 Å². The molecule has 0 fully saturated rings. The van der Waals surface area contributed by atoms with Gasteiger partial charge in [-0.3, -0.25) is 5.10 Å². The van der Waals surface area contributed by atoms with Gasteiger partial charge in [0.25, 0.3) is 5.78 Å². The highest BCUT2D eigenvalue weighted by molar-refractivity contribution is 7.71. The number of nitrogens with zero attached hydrogens (tertiary/aromatic N) is 3. The van der Waals surface area contributed by atoms with Gasteiger partial charge in [0.15, 0.2) is 0 Å². The van der Waals surface area contributed by atoms with Gasteiger partial charge in [0.2, 0.25) is 4.77 Å². The van der Waals surface area contributed by atoms with E-state index < -0.39 is 0 Å². The van der Waals surface area contributed by atoms with Gasteiger partial charge in [0.1, 0.15) is 0 Å². The van der Waals surface area contributed by atoms with Crippen LogP contribution in [-0.4, -0.2) is 19.6 Å². The summed E-state index contributed by atoms with van der Waals surface area (Å²) in [4.78, 5) is 8.68. The van der Waals surface area contributed by atoms with Crippen LogP contribution in [0.1, 0.15) is 22.5 Å². The maximum Gasteiger partial charge on any atom is 0.252 e. The van der Waals surface area contributed by atoms with E-state index in [1.807, 2.05) is 42.6 Å². The van der Waals surface area contributed by atoms with E-state index in [-0.39, 0.29) is 0 Å². The van der Waals surface area contributed by atoms with E-state index in [2.05, 4.69) is 15.1 Å². The lowest BCUT2D eigenvalue weighted by molar-refractivity contribution is 0.852. The third-order valence-corrected chi connectivity index (χ3v) is 3.96. The topological polar surface area (TPSA) is 46.0 Å². The first-order chi connectivity index (χ1) is 9.56. The van der Waals surface area contributed by atoms with Gasteiger partial charge in [-0.15, -0.1) is 0 Å². The molecule has 4 nitrogen and oxygen atoms in total. The third kappa shape index (κ3) is 2.23. The second kappa shape index (κ2) is 5.00. The molecule has 3 rings (SSSR count). The first kappa shape index (κ1) is 13.3. The summed E-state index contributed by atoms with van der Waals surface area (Å²) in [5.74, 6) is 0.605. The first-order valence-electron chi connectivity index (χ1n) is 6.24. The molecule has 0 radical (unpaired) electrons. The minimum atomic E-state index is 0.440. The molecule has 0 saturated heterocycles. The zero-order chi connectivity index (χ0) is 14.3. The summed E-state index contributed by atoms with van der Waals surface area (Å²) in [6.45, 7) is 4.01. The highest BCUT2D eigenvalue weighted by Gasteiger charge is 2.12. The number of aromatic amines is 1. The van der Waals surface area contributed by atoms with Gasteiger partial charge in [0, 0.05) is 22.8 Å². The summed E-state index contributed by atoms with van der Waals surface area (Å²) >= 11 is 11.3. The monoisotopic (exact) mass is 304 g/mol. The van der Waals surface area contributed by atoms with Crippen LogP contribution in [0.25, 0.3) is 5.78 Å². The molecule has 3 aromatic rings. The average molecular weight is 305 g/mol. The quantitative estimate of drug-likeness (QED) is 0.735. The maximum absolute atomic E-state index is 6.24. The number of halogens is 1. The molecule has 6 heteroatoms. The zero-order valence-electron chi connectivity index (χ0n) is 11.1. The number of aryl methyl sites for hydroxylation is 2. The van der Waals surface area contributed by atoms with Crippen molar-refractivity contribution < 1.29 is 0 Å². The van der Waals surface area contributed by atoms with Gasteiger partial charge < -0.3 is 0 Å². The van der Waals surface area contributed by atoms with Gasteiger partial charge >= 0.3 is 0 Å². The van der Waals surface area contributed by atoms with Gasteiger partial charge in [-0.25, -0.2) is 9.50 Å². The van der Waals surface area contributed by atoms with Crippen LogP contribution in [0.15, 0.2) is 24.3 Å². The van der Waals surface area contributed by atoms with E-state index in [0.29, 0.717) is 10.5 Å². The normalized spacial score (nSPS) is 11.2. The molecule has 0 aliphatic rings. The summed E-state index contributed by atoms with van der Waals surface area (Å²) in [7, 11) is 0. The van der Waals surface area contributed by atoms with E-state index in [4.69, 9.17) is 23.8 Å². The highest BCUT2D eigenvalue weighted by atomic mass is 35.5. The van der Waals surface area contributed by atoms with Crippen molar-refractivity contribution in [3.8, 4) is 0 Å². The summed E-state index contributed by atoms with van der Waals surface area (Å²) in [5.41, 5.74) is 4.22. The van der Waals surface area contributed by atoms with Crippen molar-refractivity contribution in [2.75, 3.05) is 0 Å². The van der Waals surface area contributed by atoms with Crippen molar-refractivity contribution >= 4 is 29.6 Å². The predicted molar refractivity (Wildman–Crippen MR) is 81.9 cm³/mol. The van der Waals surface area contributed by atoms with Crippen LogP contribution < -0.4 is 0 Å². The molecule has 102 valence electrons. The molecule has 1 N–H and O–H groups in total. The smallest absolute Gasteiger partial charge is 0.252 e. The van der Waals surface area contributed by atoms with Crippen LogP contribution in [0.3, 0.4) is 0 Å². The summed E-state index contributed by atoms with van der Waals surface area (Å²) < 4.78 is 2.26. The SMILES string of the molecule is Cc1nc2nc(=S)[nH]n2c(C)c1Cc1ccccc1Cl. The fraction of sp³-hybridized carbons (Fsp3) is 0.214. The van der Waals surface area contributed by atoms with E-state index in [1.165, 1.54) is 0 Å². The summed E-state index contributed by atoms with van der Waals surface area (Å²) in [6.07, 6.45) is 0.735. The largest absolute Gasteiger partial charge is 0.265 e. The Morgan fingerprint density at radius 1 is 1.25 bits per heavy atom. The number of fused-ring (bicyclic) bond motifs is 1. The lowest BCUT2D eigenvalue weighted by atomic mass is 10.0. The molecule has 0 aliphatic carbocycles. The summed E-state index contributed by atoms with van der Waals surface area (Å²) in [6, 6.07) is 7.85. The lowest BCUT2D eigenvalue weighted by Crippen LogP contribution is -2.06. The van der Waals surface area contributed by atoms with Crippen LogP contribution in [0.5, 0.6) is 0 Å². The van der Waals surface area contributed by atoms with Gasteiger partial charge in [-0.2, -0.15) is 4.98 Å². The molecular formula is C14H13ClN4S. The number of aromatic nitrogens is 4. The van der Waals surface area contributed by atoms with E-state index in [9.17, 15) is 0 Å². The Morgan fingerprint density at radius 2 is 2.00 bits per heavy atom. The lowest BCUT2D eigenvalue weighted by Gasteiger charge is -2.11. The minimum Gasteiger partial charge on any atom is -0.265 e. The van der Waals surface area contributed by atoms with Crippen LogP contribution in [0.2, 0.25) is 5.02 Å². The number of rotatable bonds is 2. The number of benzene rings is 1. The number of H-pyrrole nitrogens is 1. The van der Waals surface area contributed by atoms with Crippen LogP contribution in [0.4, 0.5) is 0 Å². The minimum absolute atomic E-state index is 0.440. The van der Waals surface area contributed by atoms with Crippen molar-refractivity contribution in [2.45, 2.75) is 20.3 Å². The van der Waals surface area contributed by atoms with Gasteiger partial charge in [-0.1, -0.05) is 29.8 Å². The van der Waals surface area contributed by atoms with Crippen LogP contribution in [-0.2, 0) is 6.42 Å². The Morgan fingerprint density at radius 3 is 2.75 bits per heavy atom. The zero-order valence-corrected chi connectivity index (χ0v) is 12.7. The second-order valence-electron chi connectivity index (χ2n) is 4.69. The molecule has 0 atom stereocenters. The van der Waals surface area contributed by atoms with Crippen molar-refractivity contribution in [1.29, 1.82) is 0 Å². The standard InChI is InChI=1S/C14H13ClN4S/c1-8-11(7-10-5-3-4-6-12(10)15)9(2)19-13(16-8)17-14(20)18-19/h3-6H,7H2,1-2H3,(H,18,20). The molecule has 20 heavy (non-hydrogen) atoms. The van der Waals surface area contributed by atoms with E-state index in [0.717, 1.165) is 34.0 Å². The molecule has 2 heterocycles. The Balaban J connectivity index is 2.16. The number of nitrogens with one attached hydrogen (secondary N) is 1. The molecule has 0 aliphatic heterocycles. The average Bonchev–Trinajstić information content (AvgIpc) is 2.77. The maximum atomic E-state index is 6.24. The Kier molecular flexibility index (Phi) is 3.31. The molecule has 0 unspecified atom stereocenters. The van der Waals surface area contributed by atoms with Crippen molar-refractivity contribution in [2.24, 2.45) is 0 Å². The Hall–Kier alpha value is -1.72. The van der Waals surface area contributed by atoms with Crippen LogP contribution >= 0.6 is 23.8 Å². The van der Waals surface area contributed by atoms with Crippen molar-refractivity contribution in [3.63, 3.8) is 0 Å². The Bertz CT molecular complexity index is 850. The fourth-order valence-corrected chi connectivity index (χ4v) is 2.70. The number of hydrogen-bond donors (Lipinski definition) is 1. The van der Waals surface area contributed by atoms with Crippen LogP contribution in [0, 0.1) is 18.6 Å². The Labute approximate surface area is 126 Å². The molecule has 0 bridgehead atoms. The van der Waals surface area contributed by atoms with E-state index in [1.54, 1.807) is 0 Å². The molecule has 0 amide bonds. The predicted octanol–water partition coefficient (Wildman–Crippen LogP) is 3.65. The highest BCUT2D eigenvalue weighted by Crippen LogP contribution is 2.22. The fourth-order valence-electron chi connectivity index (χ4n) is 2.32. The first-order valence-corrected chi connectivity index (χ1v) is 7.03. The van der Waals surface area contributed by atoms with E-state index >= 15 is 0 Å². The molecular weight excluding hydrogens is 292 g/mol. The van der Waals surface area contributed by atoms with Gasteiger partial charge in [0.05, 0.1) is 0 Å². The molecule has 1 aromatic carbocycles. The van der Waals surface area contributed by atoms with Crippen molar-refractivity contribution in [3.05, 3.63) is 56.6 Å². The molecule has 0 spiro atoms. The third-order valence-electron chi connectivity index (χ3n) is 3.41. The van der Waals surface area contributed by atoms with Crippen molar-refractivity contribution in [1.82, 2.24) is 19.6 Å². The molecule has 2 aromatic heterocycles.